The van der Waals surface area contributed by atoms with Crippen LogP contribution in [0.1, 0.15) is 42.7 Å². The van der Waals surface area contributed by atoms with E-state index in [1.165, 1.54) is 30.5 Å². The number of nitriles is 1. The van der Waals surface area contributed by atoms with Gasteiger partial charge in [0.25, 0.3) is 0 Å². The second-order valence-corrected chi connectivity index (χ2v) is 10.4. The van der Waals surface area contributed by atoms with Gasteiger partial charge in [0.2, 0.25) is 5.91 Å². The Morgan fingerprint density at radius 1 is 1.38 bits per heavy atom. The number of amidine groups is 1. The Balaban J connectivity index is 1.73. The van der Waals surface area contributed by atoms with E-state index in [1.807, 2.05) is 6.07 Å². The molecule has 1 aliphatic heterocycles. The van der Waals surface area contributed by atoms with Gasteiger partial charge in [0.1, 0.15) is 22.5 Å². The molecule has 2 heterocycles. The van der Waals surface area contributed by atoms with Crippen molar-refractivity contribution in [3.8, 4) is 6.07 Å². The molecule has 12 heteroatoms. The van der Waals surface area contributed by atoms with E-state index in [-0.39, 0.29) is 35.0 Å². The summed E-state index contributed by atoms with van der Waals surface area (Å²) in [6, 6.07) is 8.09. The van der Waals surface area contributed by atoms with Crippen LogP contribution >= 0.6 is 11.8 Å². The van der Waals surface area contributed by atoms with Gasteiger partial charge >= 0.3 is 6.09 Å². The van der Waals surface area contributed by atoms with Gasteiger partial charge in [-0.3, -0.25) is 20.1 Å². The molecule has 2 aliphatic rings. The number of amides is 2. The first kappa shape index (κ1) is 26.2. The van der Waals surface area contributed by atoms with E-state index in [0.29, 0.717) is 5.56 Å². The third-order valence-electron chi connectivity index (χ3n) is 6.42. The zero-order valence-corrected chi connectivity index (χ0v) is 20.6. The number of nitrogens with one attached hydrogen (secondary N) is 2. The number of rotatable bonds is 6. The zero-order valence-electron chi connectivity index (χ0n) is 19.8. The first-order valence-electron chi connectivity index (χ1n) is 11.3. The average Bonchev–Trinajstić information content (AvgIpc) is 3.62. The van der Waals surface area contributed by atoms with Crippen molar-refractivity contribution in [1.82, 2.24) is 15.6 Å². The average molecular weight is 528 g/mol. The molecule has 1 fully saturated rings. The fourth-order valence-corrected chi connectivity index (χ4v) is 5.91. The van der Waals surface area contributed by atoms with Crippen molar-refractivity contribution in [3.63, 3.8) is 0 Å². The van der Waals surface area contributed by atoms with Gasteiger partial charge in [-0.15, -0.1) is 0 Å². The Kier molecular flexibility index (Phi) is 7.03. The number of halogens is 2. The molecule has 4 N–H and O–H groups in total. The minimum Gasteiger partial charge on any atom is -0.465 e. The number of hydrogen-bond acceptors (Lipinski definition) is 7. The van der Waals surface area contributed by atoms with E-state index < -0.39 is 45.9 Å². The summed E-state index contributed by atoms with van der Waals surface area (Å²) in [6.45, 7) is 2.94. The van der Waals surface area contributed by atoms with E-state index in [2.05, 4.69) is 20.6 Å². The number of aromatic nitrogens is 1. The first-order chi connectivity index (χ1) is 17.5. The highest BCUT2D eigenvalue weighted by molar-refractivity contribution is 8.16. The standard InChI is InChI=1S/C25H23F2N5O4S/c1-13(12-33)30-21(34)25-9-20(25)24(2,32-22(37-25)31-23(35)36)16-7-14(3-5-17(16)26)8-18(27)19-6-4-15(10-28)11-29-19/h3-8,11,13,20,33H,9,12H2,1-2H3,(H,30,34)(H,31,32)(H,35,36)/b18-8-/t13?,20-,24+,25-/m0/s1. The molecule has 0 spiro atoms. The number of carboxylic acid groups (broad SMARTS) is 1. The van der Waals surface area contributed by atoms with Crippen LogP contribution in [-0.2, 0) is 10.3 Å². The van der Waals surface area contributed by atoms with Crippen LogP contribution in [0.25, 0.3) is 11.9 Å². The Morgan fingerprint density at radius 3 is 2.76 bits per heavy atom. The van der Waals surface area contributed by atoms with Gasteiger partial charge < -0.3 is 15.5 Å². The number of carbonyl (C=O) groups is 2. The number of aliphatic hydroxyl groups excluding tert-OH is 1. The maximum absolute atomic E-state index is 15.2. The number of aliphatic hydroxyl groups is 1. The highest BCUT2D eigenvalue weighted by Gasteiger charge is 2.71. The van der Waals surface area contributed by atoms with Gasteiger partial charge in [-0.1, -0.05) is 17.8 Å². The van der Waals surface area contributed by atoms with Gasteiger partial charge in [0.15, 0.2) is 5.17 Å². The molecular weight excluding hydrogens is 504 g/mol. The van der Waals surface area contributed by atoms with Gasteiger partial charge in [-0.2, -0.15) is 5.26 Å². The van der Waals surface area contributed by atoms with Crippen LogP contribution in [-0.4, -0.2) is 49.8 Å². The van der Waals surface area contributed by atoms with Crippen LogP contribution in [0, 0.1) is 23.1 Å². The molecule has 4 atom stereocenters. The molecule has 2 aromatic rings. The lowest BCUT2D eigenvalue weighted by molar-refractivity contribution is -0.122. The Morgan fingerprint density at radius 2 is 2.14 bits per heavy atom. The summed E-state index contributed by atoms with van der Waals surface area (Å²) in [6.07, 6.45) is 1.30. The van der Waals surface area contributed by atoms with Crippen LogP contribution in [0.5, 0.6) is 0 Å². The highest BCUT2D eigenvalue weighted by atomic mass is 32.2. The predicted molar refractivity (Wildman–Crippen MR) is 133 cm³/mol. The summed E-state index contributed by atoms with van der Waals surface area (Å²) in [5.74, 6) is -2.26. The zero-order chi connectivity index (χ0) is 27.0. The number of nitrogens with zero attached hydrogens (tertiary/aromatic N) is 3. The molecule has 1 aromatic heterocycles. The van der Waals surface area contributed by atoms with Crippen LogP contribution in [0.3, 0.4) is 0 Å². The Hall–Kier alpha value is -3.82. The lowest BCUT2D eigenvalue weighted by atomic mass is 9.84. The molecule has 2 amide bonds. The van der Waals surface area contributed by atoms with Crippen molar-refractivity contribution in [1.29, 1.82) is 5.26 Å². The molecule has 1 aliphatic carbocycles. The molecule has 9 nitrogen and oxygen atoms in total. The number of fused-ring (bicyclic) bond motifs is 1. The fourth-order valence-electron chi connectivity index (χ4n) is 4.42. The largest absolute Gasteiger partial charge is 0.465 e. The van der Waals surface area contributed by atoms with Crippen molar-refractivity contribution in [3.05, 3.63) is 64.7 Å². The molecule has 0 bridgehead atoms. The molecular formula is C25H23F2N5O4S. The molecule has 0 saturated heterocycles. The fraction of sp³-hybridized carbons (Fsp3) is 0.320. The number of aliphatic imine (C=N–C) groups is 1. The van der Waals surface area contributed by atoms with E-state index >= 15 is 4.39 Å². The van der Waals surface area contributed by atoms with Crippen LogP contribution in [0.4, 0.5) is 13.6 Å². The number of pyridine rings is 1. The molecule has 1 aromatic carbocycles. The quantitative estimate of drug-likeness (QED) is 0.450. The number of benzene rings is 1. The molecule has 1 unspecified atom stereocenters. The van der Waals surface area contributed by atoms with Crippen LogP contribution in [0.15, 0.2) is 41.5 Å². The lowest BCUT2D eigenvalue weighted by Gasteiger charge is -2.35. The Bertz CT molecular complexity index is 1360. The van der Waals surface area contributed by atoms with E-state index in [0.717, 1.165) is 23.9 Å². The minimum absolute atomic E-state index is 0.00741. The summed E-state index contributed by atoms with van der Waals surface area (Å²) in [5, 5.41) is 32.3. The number of hydrogen-bond donors (Lipinski definition) is 4. The van der Waals surface area contributed by atoms with Crippen LogP contribution < -0.4 is 10.6 Å². The van der Waals surface area contributed by atoms with E-state index in [4.69, 9.17) is 5.26 Å². The van der Waals surface area contributed by atoms with Crippen molar-refractivity contribution in [2.75, 3.05) is 6.61 Å². The Labute approximate surface area is 215 Å². The van der Waals surface area contributed by atoms with E-state index in [1.54, 1.807) is 13.8 Å². The smallest absolute Gasteiger partial charge is 0.410 e. The molecule has 0 radical (unpaired) electrons. The van der Waals surface area contributed by atoms with Gasteiger partial charge in [-0.05, 0) is 56.2 Å². The highest BCUT2D eigenvalue weighted by Crippen LogP contribution is 2.66. The third kappa shape index (κ3) is 5.05. The molecule has 192 valence electrons. The maximum Gasteiger partial charge on any atom is 0.410 e. The van der Waals surface area contributed by atoms with Gasteiger partial charge in [-0.25, -0.2) is 13.6 Å². The second kappa shape index (κ2) is 9.91. The van der Waals surface area contributed by atoms with Crippen molar-refractivity contribution >= 4 is 40.8 Å². The van der Waals surface area contributed by atoms with Gasteiger partial charge in [0, 0.05) is 23.7 Å². The predicted octanol–water partition coefficient (Wildman–Crippen LogP) is 3.40. The van der Waals surface area contributed by atoms with Crippen molar-refractivity contribution in [2.45, 2.75) is 36.6 Å². The second-order valence-electron chi connectivity index (χ2n) is 9.08. The summed E-state index contributed by atoms with van der Waals surface area (Å²) >= 11 is 0.954. The van der Waals surface area contributed by atoms with Crippen LogP contribution in [0.2, 0.25) is 0 Å². The summed E-state index contributed by atoms with van der Waals surface area (Å²) in [4.78, 5) is 32.9. The normalized spacial score (nSPS) is 25.2. The topological polar surface area (TPSA) is 148 Å². The molecule has 37 heavy (non-hydrogen) atoms. The van der Waals surface area contributed by atoms with Gasteiger partial charge in [0.05, 0.1) is 23.4 Å². The minimum atomic E-state index is -1.39. The summed E-state index contributed by atoms with van der Waals surface area (Å²) in [5.41, 5.74) is -0.710. The summed E-state index contributed by atoms with van der Waals surface area (Å²) < 4.78 is 29.0. The lowest BCUT2D eigenvalue weighted by Crippen LogP contribution is -2.48. The SMILES string of the molecule is CC(CO)NC(=O)[C@]12C[C@H]1[C@@](C)(c1cc(/C=C(\F)c3ccc(C#N)cn3)ccc1F)N=C(NC(=O)O)S2. The first-order valence-corrected chi connectivity index (χ1v) is 12.1. The molecule has 1 saturated carbocycles. The van der Waals surface area contributed by atoms with Crippen molar-refractivity contribution < 1.29 is 28.6 Å². The van der Waals surface area contributed by atoms with Crippen molar-refractivity contribution in [2.24, 2.45) is 10.9 Å². The third-order valence-corrected chi connectivity index (χ3v) is 7.80. The molecule has 4 rings (SSSR count). The number of thioether (sulfide) groups is 1. The summed E-state index contributed by atoms with van der Waals surface area (Å²) in [7, 11) is 0. The van der Waals surface area contributed by atoms with E-state index in [9.17, 15) is 24.2 Å². The maximum atomic E-state index is 15.2. The number of carbonyl (C=O) groups excluding carboxylic acids is 1. The monoisotopic (exact) mass is 527 g/mol.